The summed E-state index contributed by atoms with van der Waals surface area (Å²) in [5, 5.41) is 3.39. The Labute approximate surface area is 133 Å². The fourth-order valence-electron chi connectivity index (χ4n) is 2.29. The lowest BCUT2D eigenvalue weighted by Gasteiger charge is -2.24. The molecule has 2 rings (SSSR count). The van der Waals surface area contributed by atoms with Crippen molar-refractivity contribution in [2.24, 2.45) is 0 Å². The number of benzene rings is 1. The van der Waals surface area contributed by atoms with Crippen molar-refractivity contribution in [2.45, 2.75) is 40.2 Å². The maximum absolute atomic E-state index is 4.69. The lowest BCUT2D eigenvalue weighted by Crippen LogP contribution is -2.29. The SMILES string of the molecule is CCN(CC)c1cc(-c2ccccc2)nc(NC(C)(C)C)n1. The van der Waals surface area contributed by atoms with Crippen LogP contribution in [0.3, 0.4) is 0 Å². The van der Waals surface area contributed by atoms with E-state index in [1.807, 2.05) is 18.2 Å². The van der Waals surface area contributed by atoms with Crippen LogP contribution in [0, 0.1) is 0 Å². The second-order valence-electron chi connectivity index (χ2n) is 6.35. The second-order valence-corrected chi connectivity index (χ2v) is 6.35. The number of nitrogens with one attached hydrogen (secondary N) is 1. The number of anilines is 2. The third kappa shape index (κ3) is 4.20. The highest BCUT2D eigenvalue weighted by Crippen LogP contribution is 2.24. The number of nitrogens with zero attached hydrogens (tertiary/aromatic N) is 3. The van der Waals surface area contributed by atoms with Gasteiger partial charge >= 0.3 is 0 Å². The van der Waals surface area contributed by atoms with E-state index in [4.69, 9.17) is 4.98 Å². The van der Waals surface area contributed by atoms with Crippen LogP contribution in [0.1, 0.15) is 34.6 Å². The Morgan fingerprint density at radius 3 is 2.18 bits per heavy atom. The van der Waals surface area contributed by atoms with Gasteiger partial charge in [-0.1, -0.05) is 30.3 Å². The van der Waals surface area contributed by atoms with Gasteiger partial charge in [-0.3, -0.25) is 0 Å². The Morgan fingerprint density at radius 1 is 1.00 bits per heavy atom. The molecule has 0 fully saturated rings. The van der Waals surface area contributed by atoms with Gasteiger partial charge in [0.2, 0.25) is 5.95 Å². The van der Waals surface area contributed by atoms with Crippen molar-refractivity contribution in [2.75, 3.05) is 23.3 Å². The first kappa shape index (κ1) is 16.3. The Bertz CT molecular complexity index is 598. The number of rotatable bonds is 5. The molecule has 2 aromatic rings. The molecule has 118 valence electrons. The van der Waals surface area contributed by atoms with E-state index in [0.29, 0.717) is 5.95 Å². The summed E-state index contributed by atoms with van der Waals surface area (Å²) in [5.41, 5.74) is 1.98. The van der Waals surface area contributed by atoms with E-state index in [1.54, 1.807) is 0 Å². The molecular formula is C18H26N4. The Balaban J connectivity index is 2.49. The number of hydrogen-bond donors (Lipinski definition) is 1. The van der Waals surface area contributed by atoms with Gasteiger partial charge in [0.15, 0.2) is 0 Å². The van der Waals surface area contributed by atoms with E-state index >= 15 is 0 Å². The molecule has 0 radical (unpaired) electrons. The zero-order valence-corrected chi connectivity index (χ0v) is 14.2. The van der Waals surface area contributed by atoms with Gasteiger partial charge in [0, 0.05) is 30.3 Å². The molecular weight excluding hydrogens is 272 g/mol. The molecule has 0 unspecified atom stereocenters. The van der Waals surface area contributed by atoms with Gasteiger partial charge in [-0.2, -0.15) is 4.98 Å². The topological polar surface area (TPSA) is 41.1 Å². The molecule has 1 heterocycles. The van der Waals surface area contributed by atoms with Gasteiger partial charge in [0.05, 0.1) is 5.69 Å². The molecule has 0 amide bonds. The van der Waals surface area contributed by atoms with Crippen molar-refractivity contribution >= 4 is 11.8 Å². The maximum Gasteiger partial charge on any atom is 0.225 e. The molecule has 1 aromatic heterocycles. The molecule has 1 aromatic carbocycles. The highest BCUT2D eigenvalue weighted by atomic mass is 15.2. The standard InChI is InChI=1S/C18H26N4/c1-6-22(7-2)16-13-15(14-11-9-8-10-12-14)19-17(20-16)21-18(3,4)5/h8-13H,6-7H2,1-5H3,(H,19,20,21). The molecule has 0 aliphatic carbocycles. The highest BCUT2D eigenvalue weighted by Gasteiger charge is 2.15. The minimum atomic E-state index is -0.0736. The predicted molar refractivity (Wildman–Crippen MR) is 94.4 cm³/mol. The molecule has 0 spiro atoms. The van der Waals surface area contributed by atoms with Crippen LogP contribution in [0.5, 0.6) is 0 Å². The minimum Gasteiger partial charge on any atom is -0.357 e. The van der Waals surface area contributed by atoms with Crippen LogP contribution in [-0.4, -0.2) is 28.6 Å². The second kappa shape index (κ2) is 6.77. The molecule has 22 heavy (non-hydrogen) atoms. The fourth-order valence-corrected chi connectivity index (χ4v) is 2.29. The first-order valence-electron chi connectivity index (χ1n) is 7.90. The largest absolute Gasteiger partial charge is 0.357 e. The van der Waals surface area contributed by atoms with Crippen molar-refractivity contribution in [3.8, 4) is 11.3 Å². The van der Waals surface area contributed by atoms with Crippen molar-refractivity contribution in [3.05, 3.63) is 36.4 Å². The number of aromatic nitrogens is 2. The summed E-state index contributed by atoms with van der Waals surface area (Å²) in [4.78, 5) is 11.6. The van der Waals surface area contributed by atoms with Crippen LogP contribution in [0.4, 0.5) is 11.8 Å². The molecule has 1 N–H and O–H groups in total. The van der Waals surface area contributed by atoms with Gasteiger partial charge in [-0.25, -0.2) is 4.98 Å². The zero-order valence-electron chi connectivity index (χ0n) is 14.2. The maximum atomic E-state index is 4.69. The summed E-state index contributed by atoms with van der Waals surface area (Å²) in [6.45, 7) is 12.5. The van der Waals surface area contributed by atoms with Crippen LogP contribution in [0.15, 0.2) is 36.4 Å². The van der Waals surface area contributed by atoms with Crippen molar-refractivity contribution in [3.63, 3.8) is 0 Å². The summed E-state index contributed by atoms with van der Waals surface area (Å²) >= 11 is 0. The van der Waals surface area contributed by atoms with Crippen molar-refractivity contribution in [1.82, 2.24) is 9.97 Å². The van der Waals surface area contributed by atoms with Gasteiger partial charge in [-0.05, 0) is 34.6 Å². The lowest BCUT2D eigenvalue weighted by molar-refractivity contribution is 0.625. The summed E-state index contributed by atoms with van der Waals surface area (Å²) in [6.07, 6.45) is 0. The zero-order chi connectivity index (χ0) is 16.2. The van der Waals surface area contributed by atoms with Crippen LogP contribution >= 0.6 is 0 Å². The minimum absolute atomic E-state index is 0.0736. The smallest absolute Gasteiger partial charge is 0.225 e. The molecule has 0 aliphatic rings. The molecule has 0 bridgehead atoms. The lowest BCUT2D eigenvalue weighted by atomic mass is 10.1. The van der Waals surface area contributed by atoms with E-state index in [1.165, 1.54) is 0 Å². The van der Waals surface area contributed by atoms with Crippen molar-refractivity contribution in [1.29, 1.82) is 0 Å². The van der Waals surface area contributed by atoms with Crippen LogP contribution < -0.4 is 10.2 Å². The third-order valence-corrected chi connectivity index (χ3v) is 3.36. The van der Waals surface area contributed by atoms with Gasteiger partial charge in [-0.15, -0.1) is 0 Å². The molecule has 0 saturated heterocycles. The highest BCUT2D eigenvalue weighted by molar-refractivity contribution is 5.64. The summed E-state index contributed by atoms with van der Waals surface area (Å²) in [6, 6.07) is 12.3. The van der Waals surface area contributed by atoms with E-state index in [9.17, 15) is 0 Å². The average molecular weight is 298 g/mol. The van der Waals surface area contributed by atoms with Crippen LogP contribution in [0.2, 0.25) is 0 Å². The molecule has 0 atom stereocenters. The Hall–Kier alpha value is -2.10. The molecule has 4 heteroatoms. The third-order valence-electron chi connectivity index (χ3n) is 3.36. The summed E-state index contributed by atoms with van der Waals surface area (Å²) in [5.74, 6) is 1.64. The molecule has 4 nitrogen and oxygen atoms in total. The van der Waals surface area contributed by atoms with Gasteiger partial charge < -0.3 is 10.2 Å². The van der Waals surface area contributed by atoms with Crippen LogP contribution in [-0.2, 0) is 0 Å². The predicted octanol–water partition coefficient (Wildman–Crippen LogP) is 4.20. The van der Waals surface area contributed by atoms with Crippen LogP contribution in [0.25, 0.3) is 11.3 Å². The van der Waals surface area contributed by atoms with Crippen molar-refractivity contribution < 1.29 is 0 Å². The quantitative estimate of drug-likeness (QED) is 0.898. The molecule has 0 aliphatic heterocycles. The monoisotopic (exact) mass is 298 g/mol. The number of hydrogen-bond acceptors (Lipinski definition) is 4. The van der Waals surface area contributed by atoms with E-state index in [-0.39, 0.29) is 5.54 Å². The molecule has 0 saturated carbocycles. The Morgan fingerprint density at radius 2 is 1.64 bits per heavy atom. The first-order chi connectivity index (χ1) is 10.4. The van der Waals surface area contributed by atoms with Gasteiger partial charge in [0.25, 0.3) is 0 Å². The van der Waals surface area contributed by atoms with E-state index in [0.717, 1.165) is 30.2 Å². The van der Waals surface area contributed by atoms with E-state index < -0.39 is 0 Å². The summed E-state index contributed by atoms with van der Waals surface area (Å²) in [7, 11) is 0. The summed E-state index contributed by atoms with van der Waals surface area (Å²) < 4.78 is 0. The van der Waals surface area contributed by atoms with Gasteiger partial charge in [0.1, 0.15) is 5.82 Å². The normalized spacial score (nSPS) is 11.3. The average Bonchev–Trinajstić information content (AvgIpc) is 2.47. The van der Waals surface area contributed by atoms with E-state index in [2.05, 4.69) is 68.0 Å². The Kier molecular flexibility index (Phi) is 5.01. The fraction of sp³-hybridized carbons (Fsp3) is 0.444. The first-order valence-corrected chi connectivity index (χ1v) is 7.90.